The average molecular weight is 525 g/mol. The molecular weight excluding hydrogens is 504 g/mol. The van der Waals surface area contributed by atoms with Crippen molar-refractivity contribution < 1.29 is 17.9 Å². The van der Waals surface area contributed by atoms with Crippen molar-refractivity contribution in [3.63, 3.8) is 0 Å². The normalized spacial score (nSPS) is 11.9. The van der Waals surface area contributed by atoms with Crippen LogP contribution in [0.3, 0.4) is 0 Å². The lowest BCUT2D eigenvalue weighted by Gasteiger charge is -2.05. The average Bonchev–Trinajstić information content (AvgIpc) is 3.21. The van der Waals surface area contributed by atoms with Gasteiger partial charge in [-0.3, -0.25) is 10.1 Å². The number of aliphatic imine (C=N–C) groups is 1. The molecular formula is C19H21ClN8O4S2. The first kappa shape index (κ1) is 26.5. The summed E-state index contributed by atoms with van der Waals surface area (Å²) in [6, 6.07) is 12.7. The van der Waals surface area contributed by atoms with E-state index in [0.29, 0.717) is 16.4 Å². The Kier molecular flexibility index (Phi) is 8.89. The maximum Gasteiger partial charge on any atom is 0.285 e. The van der Waals surface area contributed by atoms with Crippen molar-refractivity contribution in [2.45, 2.75) is 11.8 Å². The summed E-state index contributed by atoms with van der Waals surface area (Å²) in [6.07, 6.45) is 0. The third kappa shape index (κ3) is 7.13. The van der Waals surface area contributed by atoms with E-state index in [1.54, 1.807) is 19.2 Å². The summed E-state index contributed by atoms with van der Waals surface area (Å²) < 4.78 is 33.4. The lowest BCUT2D eigenvalue weighted by atomic mass is 10.2. The van der Waals surface area contributed by atoms with Crippen molar-refractivity contribution in [2.75, 3.05) is 12.4 Å². The number of amides is 1. The summed E-state index contributed by atoms with van der Waals surface area (Å²) in [5.74, 6) is -0.270. The van der Waals surface area contributed by atoms with Crippen molar-refractivity contribution >= 4 is 62.4 Å². The summed E-state index contributed by atoms with van der Waals surface area (Å²) in [7, 11) is -2.54. The summed E-state index contributed by atoms with van der Waals surface area (Å²) >= 11 is 1.17. The predicted octanol–water partition coefficient (Wildman–Crippen LogP) is 1.83. The van der Waals surface area contributed by atoms with Crippen LogP contribution in [-0.4, -0.2) is 43.6 Å². The smallest absolute Gasteiger partial charge is 0.285 e. The van der Waals surface area contributed by atoms with Crippen LogP contribution in [0.4, 0.5) is 10.8 Å². The number of nitrogens with two attached hydrogens (primary N) is 2. The van der Waals surface area contributed by atoms with Gasteiger partial charge < -0.3 is 21.5 Å². The highest BCUT2D eigenvalue weighted by molar-refractivity contribution is 7.90. The molecule has 0 spiro atoms. The summed E-state index contributed by atoms with van der Waals surface area (Å²) in [5.41, 5.74) is 12.7. The van der Waals surface area contributed by atoms with Crippen LogP contribution >= 0.6 is 23.7 Å². The van der Waals surface area contributed by atoms with E-state index in [1.165, 1.54) is 42.5 Å². The largest absolute Gasteiger partial charge is 0.497 e. The molecule has 34 heavy (non-hydrogen) atoms. The first-order valence-electron chi connectivity index (χ1n) is 9.23. The second-order valence-electron chi connectivity index (χ2n) is 6.40. The number of nitrogens with zero attached hydrogens (tertiary/aromatic N) is 4. The first-order valence-corrected chi connectivity index (χ1v) is 11.5. The van der Waals surface area contributed by atoms with Gasteiger partial charge in [0, 0.05) is 18.2 Å². The van der Waals surface area contributed by atoms with Gasteiger partial charge in [-0.15, -0.1) is 27.0 Å². The van der Waals surface area contributed by atoms with Crippen LogP contribution in [0.15, 0.2) is 62.8 Å². The number of ether oxygens (including phenoxy) is 1. The molecule has 0 fully saturated rings. The molecule has 15 heteroatoms. The number of hydrogen-bond acceptors (Lipinski definition) is 8. The molecule has 1 amide bonds. The number of nitrogens with one attached hydrogen (secondary N) is 2. The van der Waals surface area contributed by atoms with Crippen LogP contribution < -0.4 is 26.8 Å². The SMILES string of the molecule is COc1ccc(-c2nnc(/N=C(\N)N/C(N)=N/S(=O)(=O)c3ccc(NC(C)=O)cc3)s2)cc1.Cl. The third-order valence-corrected chi connectivity index (χ3v) is 6.09. The van der Waals surface area contributed by atoms with E-state index in [9.17, 15) is 13.2 Å². The molecule has 3 rings (SSSR count). The molecule has 0 saturated carbocycles. The molecule has 0 unspecified atom stereocenters. The highest BCUT2D eigenvalue weighted by Gasteiger charge is 2.14. The van der Waals surface area contributed by atoms with Gasteiger partial charge in [0.1, 0.15) is 10.8 Å². The van der Waals surface area contributed by atoms with Gasteiger partial charge in [-0.2, -0.15) is 13.4 Å². The molecule has 1 aromatic heterocycles. The summed E-state index contributed by atoms with van der Waals surface area (Å²) in [6.45, 7) is 1.34. The molecule has 0 bridgehead atoms. The van der Waals surface area contributed by atoms with Crippen molar-refractivity contribution in [3.05, 3.63) is 48.5 Å². The standard InChI is InChI=1S/C19H20N8O4S2.ClH/c1-11(28)22-13-5-9-15(10-6-13)33(29,30)27-18(21)23-17(20)24-19-26-25-16(32-19)12-3-7-14(31-2)8-4-12;/h3-10H,1-2H3,(H,22,28)(H5,20,21,23,24,26,27);1H. The minimum absolute atomic E-state index is 0. The Morgan fingerprint density at radius 2 is 1.68 bits per heavy atom. The van der Waals surface area contributed by atoms with Crippen LogP contribution in [-0.2, 0) is 14.8 Å². The van der Waals surface area contributed by atoms with E-state index in [0.717, 1.165) is 5.56 Å². The fourth-order valence-electron chi connectivity index (χ4n) is 2.49. The van der Waals surface area contributed by atoms with E-state index in [4.69, 9.17) is 16.2 Å². The Balaban J connectivity index is 0.00000408. The molecule has 0 aliphatic rings. The van der Waals surface area contributed by atoms with Crippen LogP contribution in [0.25, 0.3) is 10.6 Å². The van der Waals surface area contributed by atoms with E-state index >= 15 is 0 Å². The molecule has 0 atom stereocenters. The number of carbonyl (C=O) groups excluding carboxylic acids is 1. The number of benzene rings is 2. The molecule has 0 aliphatic carbocycles. The molecule has 0 saturated heterocycles. The predicted molar refractivity (Wildman–Crippen MR) is 133 cm³/mol. The molecule has 0 radical (unpaired) electrons. The molecule has 2 aromatic carbocycles. The Labute approximate surface area is 205 Å². The lowest BCUT2D eigenvalue weighted by molar-refractivity contribution is -0.114. The van der Waals surface area contributed by atoms with Gasteiger partial charge in [0.15, 0.2) is 0 Å². The fraction of sp³-hybridized carbons (Fsp3) is 0.105. The highest BCUT2D eigenvalue weighted by Crippen LogP contribution is 2.29. The fourth-order valence-corrected chi connectivity index (χ4v) is 4.12. The number of anilines is 1. The Hall–Kier alpha value is -3.75. The Morgan fingerprint density at radius 1 is 1.03 bits per heavy atom. The maximum atomic E-state index is 12.4. The van der Waals surface area contributed by atoms with Crippen LogP contribution in [0, 0.1) is 0 Å². The minimum Gasteiger partial charge on any atom is -0.497 e. The summed E-state index contributed by atoms with van der Waals surface area (Å²) in [4.78, 5) is 15.0. The van der Waals surface area contributed by atoms with Gasteiger partial charge in [0.05, 0.1) is 12.0 Å². The summed E-state index contributed by atoms with van der Waals surface area (Å²) in [5, 5.41) is 13.8. The zero-order chi connectivity index (χ0) is 24.0. The number of methoxy groups -OCH3 is 1. The van der Waals surface area contributed by atoms with Gasteiger partial charge in [0.2, 0.25) is 23.0 Å². The molecule has 6 N–H and O–H groups in total. The second kappa shape index (κ2) is 11.4. The van der Waals surface area contributed by atoms with Crippen LogP contribution in [0.1, 0.15) is 6.92 Å². The zero-order valence-corrected chi connectivity index (χ0v) is 20.4. The van der Waals surface area contributed by atoms with Gasteiger partial charge in [-0.05, 0) is 48.5 Å². The van der Waals surface area contributed by atoms with Gasteiger partial charge in [-0.25, -0.2) is 0 Å². The van der Waals surface area contributed by atoms with Crippen molar-refractivity contribution in [1.29, 1.82) is 0 Å². The van der Waals surface area contributed by atoms with Gasteiger partial charge in [-0.1, -0.05) is 11.3 Å². The number of guanidine groups is 2. The quantitative estimate of drug-likeness (QED) is 0.275. The van der Waals surface area contributed by atoms with Crippen LogP contribution in [0.2, 0.25) is 0 Å². The third-order valence-electron chi connectivity index (χ3n) is 3.91. The van der Waals surface area contributed by atoms with E-state index in [1.807, 2.05) is 12.1 Å². The highest BCUT2D eigenvalue weighted by atomic mass is 35.5. The maximum absolute atomic E-state index is 12.4. The number of hydrogen-bond donors (Lipinski definition) is 4. The minimum atomic E-state index is -4.12. The molecule has 3 aromatic rings. The van der Waals surface area contributed by atoms with Crippen molar-refractivity contribution in [1.82, 2.24) is 15.5 Å². The van der Waals surface area contributed by atoms with E-state index < -0.39 is 16.0 Å². The van der Waals surface area contributed by atoms with E-state index in [-0.39, 0.29) is 34.3 Å². The molecule has 1 heterocycles. The topological polar surface area (TPSA) is 187 Å². The number of rotatable bonds is 6. The Bertz CT molecular complexity index is 1310. The first-order chi connectivity index (χ1) is 15.7. The van der Waals surface area contributed by atoms with Gasteiger partial charge in [0.25, 0.3) is 10.0 Å². The molecule has 12 nitrogen and oxygen atoms in total. The van der Waals surface area contributed by atoms with Gasteiger partial charge >= 0.3 is 0 Å². The van der Waals surface area contributed by atoms with Crippen molar-refractivity contribution in [3.8, 4) is 16.3 Å². The molecule has 180 valence electrons. The monoisotopic (exact) mass is 524 g/mol. The Morgan fingerprint density at radius 3 is 2.26 bits per heavy atom. The number of aromatic nitrogens is 2. The number of sulfonamides is 1. The zero-order valence-electron chi connectivity index (χ0n) is 17.9. The molecule has 0 aliphatic heterocycles. The lowest BCUT2D eigenvalue weighted by Crippen LogP contribution is -2.41. The van der Waals surface area contributed by atoms with Crippen LogP contribution in [0.5, 0.6) is 5.75 Å². The van der Waals surface area contributed by atoms with E-state index in [2.05, 4.69) is 30.2 Å². The second-order valence-corrected chi connectivity index (χ2v) is 8.96. The number of carbonyl (C=O) groups is 1. The number of halogens is 1. The van der Waals surface area contributed by atoms with Crippen molar-refractivity contribution in [2.24, 2.45) is 20.9 Å².